The van der Waals surface area contributed by atoms with Crippen LogP contribution in [0.1, 0.15) is 30.1 Å². The minimum atomic E-state index is -0.822. The SMILES string of the molecule is CCN(CCCCN)C(=O)c1ccc(F)cc1F. The molecule has 0 aliphatic rings. The van der Waals surface area contributed by atoms with Gasteiger partial charge in [-0.15, -0.1) is 0 Å². The van der Waals surface area contributed by atoms with Crippen LogP contribution in [0.4, 0.5) is 8.78 Å². The van der Waals surface area contributed by atoms with Crippen molar-refractivity contribution in [2.45, 2.75) is 19.8 Å². The van der Waals surface area contributed by atoms with Gasteiger partial charge in [-0.3, -0.25) is 4.79 Å². The van der Waals surface area contributed by atoms with Crippen LogP contribution in [0.5, 0.6) is 0 Å². The minimum Gasteiger partial charge on any atom is -0.339 e. The molecule has 18 heavy (non-hydrogen) atoms. The van der Waals surface area contributed by atoms with E-state index >= 15 is 0 Å². The quantitative estimate of drug-likeness (QED) is 0.793. The van der Waals surface area contributed by atoms with Crippen LogP contribution in [-0.4, -0.2) is 30.4 Å². The first-order valence-electron chi connectivity index (χ1n) is 6.04. The predicted molar refractivity (Wildman–Crippen MR) is 66.2 cm³/mol. The summed E-state index contributed by atoms with van der Waals surface area (Å²) in [6.45, 7) is 3.40. The summed E-state index contributed by atoms with van der Waals surface area (Å²) in [5, 5.41) is 0. The second kappa shape index (κ2) is 7.06. The molecule has 3 nitrogen and oxygen atoms in total. The van der Waals surface area contributed by atoms with Crippen molar-refractivity contribution in [2.75, 3.05) is 19.6 Å². The van der Waals surface area contributed by atoms with E-state index in [1.807, 2.05) is 6.92 Å². The first kappa shape index (κ1) is 14.6. The van der Waals surface area contributed by atoms with Crippen molar-refractivity contribution in [3.63, 3.8) is 0 Å². The summed E-state index contributed by atoms with van der Waals surface area (Å²) in [5.74, 6) is -1.92. The maximum atomic E-state index is 13.5. The molecule has 0 saturated carbocycles. The second-order valence-corrected chi connectivity index (χ2v) is 4.00. The summed E-state index contributed by atoms with van der Waals surface area (Å²) >= 11 is 0. The van der Waals surface area contributed by atoms with Gasteiger partial charge in [0, 0.05) is 19.2 Å². The number of amides is 1. The zero-order valence-corrected chi connectivity index (χ0v) is 10.5. The van der Waals surface area contributed by atoms with Crippen LogP contribution in [0.2, 0.25) is 0 Å². The van der Waals surface area contributed by atoms with Gasteiger partial charge < -0.3 is 10.6 Å². The van der Waals surface area contributed by atoms with Gasteiger partial charge in [0.05, 0.1) is 5.56 Å². The van der Waals surface area contributed by atoms with Crippen molar-refractivity contribution in [1.82, 2.24) is 4.90 Å². The Hall–Kier alpha value is -1.49. The molecule has 5 heteroatoms. The zero-order chi connectivity index (χ0) is 13.5. The monoisotopic (exact) mass is 256 g/mol. The highest BCUT2D eigenvalue weighted by Gasteiger charge is 2.17. The van der Waals surface area contributed by atoms with Crippen molar-refractivity contribution in [2.24, 2.45) is 5.73 Å². The maximum absolute atomic E-state index is 13.5. The molecule has 0 bridgehead atoms. The van der Waals surface area contributed by atoms with E-state index in [1.165, 1.54) is 11.0 Å². The van der Waals surface area contributed by atoms with Crippen molar-refractivity contribution >= 4 is 5.91 Å². The number of carbonyl (C=O) groups is 1. The fraction of sp³-hybridized carbons (Fsp3) is 0.462. The molecule has 0 atom stereocenters. The Morgan fingerprint density at radius 2 is 2.06 bits per heavy atom. The van der Waals surface area contributed by atoms with Gasteiger partial charge in [0.15, 0.2) is 0 Å². The van der Waals surface area contributed by atoms with Crippen LogP contribution in [0.25, 0.3) is 0 Å². The van der Waals surface area contributed by atoms with Crippen LogP contribution in [0, 0.1) is 11.6 Å². The Morgan fingerprint density at radius 1 is 1.33 bits per heavy atom. The number of nitrogens with two attached hydrogens (primary N) is 1. The molecule has 1 rings (SSSR count). The fourth-order valence-corrected chi connectivity index (χ4v) is 1.68. The summed E-state index contributed by atoms with van der Waals surface area (Å²) in [7, 11) is 0. The van der Waals surface area contributed by atoms with Gasteiger partial charge in [-0.1, -0.05) is 0 Å². The minimum absolute atomic E-state index is 0.0917. The van der Waals surface area contributed by atoms with Crippen LogP contribution in [-0.2, 0) is 0 Å². The van der Waals surface area contributed by atoms with E-state index in [-0.39, 0.29) is 5.56 Å². The largest absolute Gasteiger partial charge is 0.339 e. The van der Waals surface area contributed by atoms with Gasteiger partial charge in [0.1, 0.15) is 11.6 Å². The molecule has 2 N–H and O–H groups in total. The molecule has 0 fully saturated rings. The molecule has 1 aromatic carbocycles. The molecule has 0 unspecified atom stereocenters. The lowest BCUT2D eigenvalue weighted by Gasteiger charge is -2.21. The Balaban J connectivity index is 2.76. The third-order valence-electron chi connectivity index (χ3n) is 2.71. The molecule has 100 valence electrons. The molecular formula is C13H18F2N2O. The molecule has 0 spiro atoms. The van der Waals surface area contributed by atoms with Gasteiger partial charge in [0.25, 0.3) is 5.91 Å². The number of hydrogen-bond acceptors (Lipinski definition) is 2. The van der Waals surface area contributed by atoms with Crippen molar-refractivity contribution in [3.8, 4) is 0 Å². The Bertz CT molecular complexity index is 410. The first-order chi connectivity index (χ1) is 8.60. The molecule has 1 amide bonds. The predicted octanol–water partition coefficient (Wildman–Crippen LogP) is 2.17. The number of benzene rings is 1. The van der Waals surface area contributed by atoms with Gasteiger partial charge in [0.2, 0.25) is 0 Å². The van der Waals surface area contributed by atoms with Crippen molar-refractivity contribution in [1.29, 1.82) is 0 Å². The van der Waals surface area contributed by atoms with E-state index in [4.69, 9.17) is 5.73 Å². The number of unbranched alkanes of at least 4 members (excludes halogenated alkanes) is 1. The summed E-state index contributed by atoms with van der Waals surface area (Å²) < 4.78 is 26.2. The average molecular weight is 256 g/mol. The van der Waals surface area contributed by atoms with Crippen LogP contribution in [0.15, 0.2) is 18.2 Å². The zero-order valence-electron chi connectivity index (χ0n) is 10.5. The van der Waals surface area contributed by atoms with E-state index in [9.17, 15) is 13.6 Å². The molecule has 0 heterocycles. The van der Waals surface area contributed by atoms with Crippen molar-refractivity contribution in [3.05, 3.63) is 35.4 Å². The van der Waals surface area contributed by atoms with E-state index in [1.54, 1.807) is 0 Å². The maximum Gasteiger partial charge on any atom is 0.256 e. The highest BCUT2D eigenvalue weighted by atomic mass is 19.1. The lowest BCUT2D eigenvalue weighted by molar-refractivity contribution is 0.0757. The number of carbonyl (C=O) groups excluding carboxylic acids is 1. The summed E-state index contributed by atoms with van der Waals surface area (Å²) in [5.41, 5.74) is 5.29. The molecule has 0 aliphatic carbocycles. The Kier molecular flexibility index (Phi) is 5.71. The van der Waals surface area contributed by atoms with E-state index in [0.717, 1.165) is 25.0 Å². The standard InChI is InChI=1S/C13H18F2N2O/c1-2-17(8-4-3-7-16)13(18)11-6-5-10(14)9-12(11)15/h5-6,9H,2-4,7-8,16H2,1H3. The molecule has 0 radical (unpaired) electrons. The Labute approximate surface area is 106 Å². The number of halogens is 2. The van der Waals surface area contributed by atoms with Crippen LogP contribution >= 0.6 is 0 Å². The van der Waals surface area contributed by atoms with Gasteiger partial charge in [-0.25, -0.2) is 8.78 Å². The molecular weight excluding hydrogens is 238 g/mol. The summed E-state index contributed by atoms with van der Waals surface area (Å²) in [6.07, 6.45) is 1.59. The topological polar surface area (TPSA) is 46.3 Å². The van der Waals surface area contributed by atoms with E-state index in [2.05, 4.69) is 0 Å². The summed E-state index contributed by atoms with van der Waals surface area (Å²) in [6, 6.07) is 2.99. The van der Waals surface area contributed by atoms with E-state index in [0.29, 0.717) is 19.6 Å². The lowest BCUT2D eigenvalue weighted by atomic mass is 10.1. The third kappa shape index (κ3) is 3.77. The second-order valence-electron chi connectivity index (χ2n) is 4.00. The molecule has 0 aromatic heterocycles. The fourth-order valence-electron chi connectivity index (χ4n) is 1.68. The number of nitrogens with zero attached hydrogens (tertiary/aromatic N) is 1. The highest BCUT2D eigenvalue weighted by Crippen LogP contribution is 2.12. The number of rotatable bonds is 6. The summed E-state index contributed by atoms with van der Waals surface area (Å²) in [4.78, 5) is 13.6. The average Bonchev–Trinajstić information content (AvgIpc) is 2.34. The van der Waals surface area contributed by atoms with Crippen LogP contribution < -0.4 is 5.73 Å². The third-order valence-corrected chi connectivity index (χ3v) is 2.71. The van der Waals surface area contributed by atoms with E-state index < -0.39 is 17.5 Å². The van der Waals surface area contributed by atoms with Gasteiger partial charge >= 0.3 is 0 Å². The first-order valence-corrected chi connectivity index (χ1v) is 6.04. The van der Waals surface area contributed by atoms with Gasteiger partial charge in [-0.2, -0.15) is 0 Å². The van der Waals surface area contributed by atoms with Gasteiger partial charge in [-0.05, 0) is 38.4 Å². The number of hydrogen-bond donors (Lipinski definition) is 1. The lowest BCUT2D eigenvalue weighted by Crippen LogP contribution is -2.32. The smallest absolute Gasteiger partial charge is 0.256 e. The highest BCUT2D eigenvalue weighted by molar-refractivity contribution is 5.94. The normalized spacial score (nSPS) is 10.4. The molecule has 0 aliphatic heterocycles. The molecule has 1 aromatic rings. The molecule has 0 saturated heterocycles. The van der Waals surface area contributed by atoms with Crippen LogP contribution in [0.3, 0.4) is 0 Å². The Morgan fingerprint density at radius 3 is 2.61 bits per heavy atom. The van der Waals surface area contributed by atoms with Crippen molar-refractivity contribution < 1.29 is 13.6 Å².